The monoisotopic (exact) mass is 487 g/mol. The normalized spacial score (nSPS) is 11.4. The van der Waals surface area contributed by atoms with Gasteiger partial charge in [-0.05, 0) is 67.3 Å². The molecule has 4 rings (SSSR count). The van der Waals surface area contributed by atoms with Crippen LogP contribution in [0.5, 0.6) is 0 Å². The molecule has 0 saturated carbocycles. The van der Waals surface area contributed by atoms with E-state index in [0.29, 0.717) is 17.5 Å². The Bertz CT molecular complexity index is 1340. The molecule has 4 aromatic rings. The predicted octanol–water partition coefficient (Wildman–Crippen LogP) is 6.76. The summed E-state index contributed by atoms with van der Waals surface area (Å²) in [5.74, 6) is 0.665. The maximum absolute atomic E-state index is 13.8. The third-order valence-electron chi connectivity index (χ3n) is 5.97. The standard InChI is InChI=1S/C29H30ClN3O2/c1-4-23-10-8-9-21(3)29(23)33(20-35-5-2)28(34)19-32-26-12-7-6-11-25(26)31-27(32)18-15-22-13-16-24(30)17-14-22/h6-18H,4-5,19-20H2,1-3H3/b18-15+. The Kier molecular flexibility index (Phi) is 8.01. The number of fused-ring (bicyclic) bond motifs is 1. The van der Waals surface area contributed by atoms with Crippen LogP contribution < -0.4 is 4.90 Å². The van der Waals surface area contributed by atoms with Crippen LogP contribution >= 0.6 is 11.6 Å². The highest BCUT2D eigenvalue weighted by Gasteiger charge is 2.22. The summed E-state index contributed by atoms with van der Waals surface area (Å²) >= 11 is 6.02. The number of benzene rings is 3. The number of amides is 1. The van der Waals surface area contributed by atoms with Crippen LogP contribution in [0.1, 0.15) is 36.4 Å². The smallest absolute Gasteiger partial charge is 0.248 e. The summed E-state index contributed by atoms with van der Waals surface area (Å²) in [6, 6.07) is 21.6. The number of carbonyl (C=O) groups is 1. The van der Waals surface area contributed by atoms with Crippen molar-refractivity contribution in [2.24, 2.45) is 0 Å². The van der Waals surface area contributed by atoms with Crippen LogP contribution in [0.25, 0.3) is 23.2 Å². The maximum Gasteiger partial charge on any atom is 0.248 e. The lowest BCUT2D eigenvalue weighted by atomic mass is 10.0. The fourth-order valence-corrected chi connectivity index (χ4v) is 4.31. The molecule has 0 aliphatic rings. The first-order valence-corrected chi connectivity index (χ1v) is 12.2. The molecule has 0 radical (unpaired) electrons. The van der Waals surface area contributed by atoms with Crippen molar-refractivity contribution in [2.75, 3.05) is 18.2 Å². The molecule has 0 N–H and O–H groups in total. The van der Waals surface area contributed by atoms with Gasteiger partial charge in [0, 0.05) is 11.6 Å². The van der Waals surface area contributed by atoms with E-state index >= 15 is 0 Å². The second-order valence-corrected chi connectivity index (χ2v) is 8.75. The van der Waals surface area contributed by atoms with Gasteiger partial charge in [-0.2, -0.15) is 0 Å². The Balaban J connectivity index is 1.72. The molecule has 35 heavy (non-hydrogen) atoms. The summed E-state index contributed by atoms with van der Waals surface area (Å²) < 4.78 is 7.70. The van der Waals surface area contributed by atoms with Crippen LogP contribution in [0.4, 0.5) is 5.69 Å². The summed E-state index contributed by atoms with van der Waals surface area (Å²) in [6.07, 6.45) is 4.75. The van der Waals surface area contributed by atoms with Crippen LogP contribution in [0, 0.1) is 6.92 Å². The molecule has 0 saturated heterocycles. The first kappa shape index (κ1) is 24.7. The van der Waals surface area contributed by atoms with Gasteiger partial charge in [0.05, 0.1) is 16.7 Å². The van der Waals surface area contributed by atoms with Crippen LogP contribution in [0.3, 0.4) is 0 Å². The molecule has 0 unspecified atom stereocenters. The zero-order chi connectivity index (χ0) is 24.8. The Hall–Kier alpha value is -3.41. The quantitative estimate of drug-likeness (QED) is 0.245. The minimum Gasteiger partial charge on any atom is -0.361 e. The number of hydrogen-bond acceptors (Lipinski definition) is 3. The van der Waals surface area contributed by atoms with Crippen LogP contribution in [0.2, 0.25) is 5.02 Å². The van der Waals surface area contributed by atoms with Crippen LogP contribution in [-0.4, -0.2) is 28.8 Å². The van der Waals surface area contributed by atoms with Crippen molar-refractivity contribution >= 4 is 46.4 Å². The minimum atomic E-state index is -0.0493. The highest BCUT2D eigenvalue weighted by atomic mass is 35.5. The van der Waals surface area contributed by atoms with Crippen molar-refractivity contribution in [1.29, 1.82) is 0 Å². The van der Waals surface area contributed by atoms with Crippen molar-refractivity contribution in [3.63, 3.8) is 0 Å². The van der Waals surface area contributed by atoms with E-state index in [2.05, 4.69) is 13.0 Å². The van der Waals surface area contributed by atoms with Crippen LogP contribution in [0.15, 0.2) is 66.7 Å². The molecular weight excluding hydrogens is 458 g/mol. The fourth-order valence-electron chi connectivity index (χ4n) is 4.19. The first-order chi connectivity index (χ1) is 17.0. The van der Waals surface area contributed by atoms with E-state index < -0.39 is 0 Å². The molecule has 0 fully saturated rings. The number of imidazole rings is 1. The number of carbonyl (C=O) groups excluding carboxylic acids is 1. The number of para-hydroxylation sites is 3. The van der Waals surface area contributed by atoms with Gasteiger partial charge in [0.25, 0.3) is 0 Å². The summed E-state index contributed by atoms with van der Waals surface area (Å²) in [5.41, 5.74) is 5.86. The van der Waals surface area contributed by atoms with E-state index in [1.807, 2.05) is 91.2 Å². The van der Waals surface area contributed by atoms with Gasteiger partial charge in [0.2, 0.25) is 5.91 Å². The Morgan fingerprint density at radius 1 is 1.03 bits per heavy atom. The number of aryl methyl sites for hydroxylation is 2. The molecule has 0 atom stereocenters. The predicted molar refractivity (Wildman–Crippen MR) is 145 cm³/mol. The SMILES string of the molecule is CCOCN(C(=O)Cn1c(/C=C/c2ccc(Cl)cc2)nc2ccccc21)c1c(C)cccc1CC. The number of anilines is 1. The van der Waals surface area contributed by atoms with E-state index in [0.717, 1.165) is 39.8 Å². The number of hydrogen-bond donors (Lipinski definition) is 0. The summed E-state index contributed by atoms with van der Waals surface area (Å²) in [4.78, 5) is 20.4. The summed E-state index contributed by atoms with van der Waals surface area (Å²) in [5, 5.41) is 0.692. The van der Waals surface area contributed by atoms with Crippen molar-refractivity contribution in [3.05, 3.63) is 94.3 Å². The molecule has 1 amide bonds. The fraction of sp³-hybridized carbons (Fsp3) is 0.241. The molecular formula is C29H30ClN3O2. The molecule has 6 heteroatoms. The molecule has 180 valence electrons. The van der Waals surface area contributed by atoms with E-state index in [1.165, 1.54) is 0 Å². The lowest BCUT2D eigenvalue weighted by molar-refractivity contribution is -0.120. The van der Waals surface area contributed by atoms with Crippen molar-refractivity contribution < 1.29 is 9.53 Å². The van der Waals surface area contributed by atoms with Gasteiger partial charge in [-0.25, -0.2) is 4.98 Å². The molecule has 0 bridgehead atoms. The molecule has 1 heterocycles. The van der Waals surface area contributed by atoms with Gasteiger partial charge in [-0.1, -0.05) is 67.1 Å². The molecule has 0 spiro atoms. The first-order valence-electron chi connectivity index (χ1n) is 11.9. The number of ether oxygens (including phenoxy) is 1. The summed E-state index contributed by atoms with van der Waals surface area (Å²) in [7, 11) is 0. The topological polar surface area (TPSA) is 47.4 Å². The lowest BCUT2D eigenvalue weighted by Gasteiger charge is -2.27. The van der Waals surface area contributed by atoms with Crippen molar-refractivity contribution in [2.45, 2.75) is 33.7 Å². The number of nitrogens with zero attached hydrogens (tertiary/aromatic N) is 3. The van der Waals surface area contributed by atoms with E-state index in [4.69, 9.17) is 21.3 Å². The van der Waals surface area contributed by atoms with Crippen molar-refractivity contribution in [1.82, 2.24) is 9.55 Å². The molecule has 0 aliphatic carbocycles. The Labute approximate surface area is 211 Å². The third-order valence-corrected chi connectivity index (χ3v) is 6.22. The number of rotatable bonds is 9. The number of aromatic nitrogens is 2. The average Bonchev–Trinajstić information content (AvgIpc) is 3.21. The minimum absolute atomic E-state index is 0.0493. The van der Waals surface area contributed by atoms with E-state index in [-0.39, 0.29) is 19.2 Å². The zero-order valence-corrected chi connectivity index (χ0v) is 21.1. The zero-order valence-electron chi connectivity index (χ0n) is 20.4. The Morgan fingerprint density at radius 2 is 1.80 bits per heavy atom. The largest absolute Gasteiger partial charge is 0.361 e. The van der Waals surface area contributed by atoms with Crippen LogP contribution in [-0.2, 0) is 22.5 Å². The number of halogens is 1. The molecule has 0 aliphatic heterocycles. The average molecular weight is 488 g/mol. The van der Waals surface area contributed by atoms with Gasteiger partial charge >= 0.3 is 0 Å². The molecule has 3 aromatic carbocycles. The highest BCUT2D eigenvalue weighted by Crippen LogP contribution is 2.27. The van der Waals surface area contributed by atoms with E-state index in [1.54, 1.807) is 4.90 Å². The maximum atomic E-state index is 13.8. The van der Waals surface area contributed by atoms with Gasteiger partial charge in [0.1, 0.15) is 19.1 Å². The highest BCUT2D eigenvalue weighted by molar-refractivity contribution is 6.30. The molecule has 1 aromatic heterocycles. The van der Waals surface area contributed by atoms with E-state index in [9.17, 15) is 4.79 Å². The van der Waals surface area contributed by atoms with Gasteiger partial charge in [-0.3, -0.25) is 9.69 Å². The third kappa shape index (κ3) is 5.64. The summed E-state index contributed by atoms with van der Waals surface area (Å²) in [6.45, 7) is 6.95. The second kappa shape index (κ2) is 11.3. The van der Waals surface area contributed by atoms with Gasteiger partial charge in [-0.15, -0.1) is 0 Å². The lowest BCUT2D eigenvalue weighted by Crippen LogP contribution is -2.37. The molecule has 5 nitrogen and oxygen atoms in total. The van der Waals surface area contributed by atoms with Crippen molar-refractivity contribution in [3.8, 4) is 0 Å². The Morgan fingerprint density at radius 3 is 2.54 bits per heavy atom. The van der Waals surface area contributed by atoms with Gasteiger partial charge in [0.15, 0.2) is 0 Å². The van der Waals surface area contributed by atoms with Gasteiger partial charge < -0.3 is 9.30 Å². The second-order valence-electron chi connectivity index (χ2n) is 8.31.